The van der Waals surface area contributed by atoms with Crippen molar-refractivity contribution >= 4 is 17.5 Å². The monoisotopic (exact) mass is 405 g/mol. The Bertz CT molecular complexity index is 972. The van der Waals surface area contributed by atoms with Crippen molar-refractivity contribution in [3.8, 4) is 11.8 Å². The molecule has 0 radical (unpaired) electrons. The van der Waals surface area contributed by atoms with Crippen LogP contribution in [-0.2, 0) is 22.8 Å². The minimum atomic E-state index is -1.65. The highest BCUT2D eigenvalue weighted by Gasteiger charge is 2.20. The van der Waals surface area contributed by atoms with Gasteiger partial charge in [0.2, 0.25) is 17.5 Å². The van der Waals surface area contributed by atoms with E-state index in [2.05, 4.69) is 4.98 Å². The van der Waals surface area contributed by atoms with Gasteiger partial charge in [0, 0.05) is 17.7 Å². The van der Waals surface area contributed by atoms with Gasteiger partial charge in [-0.05, 0) is 11.1 Å². The first kappa shape index (κ1) is 20.7. The number of ether oxygens (including phenoxy) is 2. The molecule has 30 heavy (non-hydrogen) atoms. The van der Waals surface area contributed by atoms with E-state index in [1.54, 1.807) is 0 Å². The Labute approximate surface area is 172 Å². The van der Waals surface area contributed by atoms with Crippen molar-refractivity contribution in [2.45, 2.75) is 19.6 Å². The van der Waals surface area contributed by atoms with Crippen LogP contribution in [0.3, 0.4) is 0 Å². The van der Waals surface area contributed by atoms with Crippen LogP contribution in [0.5, 0.6) is 11.8 Å². The maximum Gasteiger partial charge on any atom is 0.372 e. The predicted molar refractivity (Wildman–Crippen MR) is 107 cm³/mol. The lowest BCUT2D eigenvalue weighted by molar-refractivity contribution is -0.148. The summed E-state index contributed by atoms with van der Waals surface area (Å²) in [5.74, 6) is -3.22. The number of Topliss-reactive ketones (excluding diaryl/α,β-unsaturated/α-hetero) is 2. The number of hydrogen-bond donors (Lipinski definition) is 1. The lowest BCUT2D eigenvalue weighted by Crippen LogP contribution is -2.17. The van der Waals surface area contributed by atoms with E-state index in [-0.39, 0.29) is 30.5 Å². The molecule has 7 heteroatoms. The maximum absolute atomic E-state index is 12.4. The Balaban J connectivity index is 1.79. The lowest BCUT2D eigenvalue weighted by atomic mass is 10.1. The number of carboxylic acid groups (broad SMARTS) is 1. The maximum atomic E-state index is 12.4. The molecule has 0 spiro atoms. The van der Waals surface area contributed by atoms with Crippen LogP contribution >= 0.6 is 0 Å². The zero-order valence-corrected chi connectivity index (χ0v) is 16.0. The summed E-state index contributed by atoms with van der Waals surface area (Å²) in [6.07, 6.45) is -0.754. The standard InChI is InChI=1S/C23H19NO6/c25-19(13-20(26)23(27)28)18-11-21(29-14-16-7-3-1-4-8-16)24-22(12-18)30-15-17-9-5-2-6-10-17/h1-12H,13-15H2,(H,27,28). The zero-order valence-electron chi connectivity index (χ0n) is 16.0. The molecular weight excluding hydrogens is 386 g/mol. The molecule has 3 aromatic rings. The van der Waals surface area contributed by atoms with E-state index in [4.69, 9.17) is 14.6 Å². The Kier molecular flexibility index (Phi) is 6.89. The van der Waals surface area contributed by atoms with Gasteiger partial charge in [-0.3, -0.25) is 9.59 Å². The van der Waals surface area contributed by atoms with Gasteiger partial charge in [0.25, 0.3) is 0 Å². The predicted octanol–water partition coefficient (Wildman–Crippen LogP) is 3.47. The van der Waals surface area contributed by atoms with E-state index in [1.165, 1.54) is 12.1 Å². The smallest absolute Gasteiger partial charge is 0.372 e. The van der Waals surface area contributed by atoms with E-state index in [0.717, 1.165) is 11.1 Å². The summed E-state index contributed by atoms with van der Waals surface area (Å²) in [4.78, 5) is 38.8. The largest absolute Gasteiger partial charge is 0.475 e. The van der Waals surface area contributed by atoms with Crippen LogP contribution in [0, 0.1) is 0 Å². The van der Waals surface area contributed by atoms with Crippen molar-refractivity contribution in [2.24, 2.45) is 0 Å². The van der Waals surface area contributed by atoms with Crippen molar-refractivity contribution in [2.75, 3.05) is 0 Å². The van der Waals surface area contributed by atoms with Gasteiger partial charge in [-0.25, -0.2) is 4.79 Å². The third-order valence-electron chi connectivity index (χ3n) is 4.12. The molecule has 0 saturated carbocycles. The quantitative estimate of drug-likeness (QED) is 0.313. The lowest BCUT2D eigenvalue weighted by Gasteiger charge is -2.11. The summed E-state index contributed by atoms with van der Waals surface area (Å²) in [5, 5.41) is 8.74. The molecular formula is C23H19NO6. The highest BCUT2D eigenvalue weighted by molar-refractivity contribution is 6.37. The molecule has 2 aromatic carbocycles. The molecule has 1 aromatic heterocycles. The van der Waals surface area contributed by atoms with E-state index < -0.39 is 24.0 Å². The molecule has 0 unspecified atom stereocenters. The van der Waals surface area contributed by atoms with Crippen LogP contribution in [-0.4, -0.2) is 27.6 Å². The second kappa shape index (κ2) is 9.97. The molecule has 0 saturated heterocycles. The second-order valence-electron chi connectivity index (χ2n) is 6.41. The Morgan fingerprint density at radius 1 is 0.767 bits per heavy atom. The van der Waals surface area contributed by atoms with E-state index in [1.807, 2.05) is 60.7 Å². The van der Waals surface area contributed by atoms with Crippen LogP contribution in [0.1, 0.15) is 27.9 Å². The fourth-order valence-electron chi connectivity index (χ4n) is 2.58. The molecule has 0 bridgehead atoms. The fourth-order valence-corrected chi connectivity index (χ4v) is 2.58. The van der Waals surface area contributed by atoms with Crippen LogP contribution < -0.4 is 9.47 Å². The molecule has 152 valence electrons. The van der Waals surface area contributed by atoms with Crippen LogP contribution in [0.25, 0.3) is 0 Å². The summed E-state index contributed by atoms with van der Waals surface area (Å²) in [7, 11) is 0. The molecule has 1 N–H and O–H groups in total. The summed E-state index contributed by atoms with van der Waals surface area (Å²) in [6, 6.07) is 21.5. The fraction of sp³-hybridized carbons (Fsp3) is 0.130. The molecule has 0 aliphatic heterocycles. The number of pyridine rings is 1. The summed E-state index contributed by atoms with van der Waals surface area (Å²) >= 11 is 0. The average molecular weight is 405 g/mol. The minimum absolute atomic E-state index is 0.0886. The van der Waals surface area contributed by atoms with Crippen molar-refractivity contribution in [1.82, 2.24) is 4.98 Å². The van der Waals surface area contributed by atoms with Gasteiger partial charge in [-0.2, -0.15) is 4.98 Å². The van der Waals surface area contributed by atoms with Crippen molar-refractivity contribution < 1.29 is 29.0 Å². The number of hydrogen-bond acceptors (Lipinski definition) is 6. The minimum Gasteiger partial charge on any atom is -0.475 e. The molecule has 7 nitrogen and oxygen atoms in total. The molecule has 0 aliphatic rings. The number of aliphatic carboxylic acids is 1. The van der Waals surface area contributed by atoms with Gasteiger partial charge in [-0.1, -0.05) is 60.7 Å². The number of carbonyl (C=O) groups is 3. The van der Waals surface area contributed by atoms with Gasteiger partial charge < -0.3 is 14.6 Å². The molecule has 1 heterocycles. The first-order valence-electron chi connectivity index (χ1n) is 9.16. The molecule has 0 fully saturated rings. The number of aromatic nitrogens is 1. The van der Waals surface area contributed by atoms with Crippen LogP contribution in [0.2, 0.25) is 0 Å². The van der Waals surface area contributed by atoms with E-state index >= 15 is 0 Å². The normalized spacial score (nSPS) is 10.3. The Hall–Kier alpha value is -4.00. The number of ketones is 2. The first-order chi connectivity index (χ1) is 14.5. The van der Waals surface area contributed by atoms with E-state index in [0.29, 0.717) is 0 Å². The van der Waals surface area contributed by atoms with Gasteiger partial charge >= 0.3 is 5.97 Å². The van der Waals surface area contributed by atoms with Crippen molar-refractivity contribution in [1.29, 1.82) is 0 Å². The third-order valence-corrected chi connectivity index (χ3v) is 4.12. The van der Waals surface area contributed by atoms with Crippen LogP contribution in [0.4, 0.5) is 0 Å². The summed E-state index contributed by atoms with van der Waals surface area (Å²) in [5.41, 5.74) is 1.90. The van der Waals surface area contributed by atoms with Gasteiger partial charge in [0.1, 0.15) is 13.2 Å². The first-order valence-corrected chi connectivity index (χ1v) is 9.16. The van der Waals surface area contributed by atoms with Gasteiger partial charge in [0.05, 0.1) is 6.42 Å². The average Bonchev–Trinajstić information content (AvgIpc) is 2.77. The number of benzene rings is 2. The van der Waals surface area contributed by atoms with Crippen LogP contribution in [0.15, 0.2) is 72.8 Å². The highest BCUT2D eigenvalue weighted by Crippen LogP contribution is 2.21. The molecule has 0 amide bonds. The third kappa shape index (κ3) is 6.00. The summed E-state index contributed by atoms with van der Waals surface area (Å²) < 4.78 is 11.4. The number of carbonyl (C=O) groups excluding carboxylic acids is 2. The highest BCUT2D eigenvalue weighted by atomic mass is 16.5. The number of rotatable bonds is 10. The SMILES string of the molecule is O=C(O)C(=O)CC(=O)c1cc(OCc2ccccc2)nc(OCc2ccccc2)c1. The van der Waals surface area contributed by atoms with Gasteiger partial charge in [0.15, 0.2) is 5.78 Å². The molecule has 3 rings (SSSR count). The number of carboxylic acids is 1. The van der Waals surface area contributed by atoms with Crippen molar-refractivity contribution in [3.05, 3.63) is 89.5 Å². The Morgan fingerprint density at radius 3 is 1.67 bits per heavy atom. The molecule has 0 atom stereocenters. The second-order valence-corrected chi connectivity index (χ2v) is 6.41. The number of nitrogens with zero attached hydrogens (tertiary/aromatic N) is 1. The zero-order chi connectivity index (χ0) is 21.3. The molecule has 0 aliphatic carbocycles. The Morgan fingerprint density at radius 2 is 1.23 bits per heavy atom. The van der Waals surface area contributed by atoms with Crippen molar-refractivity contribution in [3.63, 3.8) is 0 Å². The van der Waals surface area contributed by atoms with Gasteiger partial charge in [-0.15, -0.1) is 0 Å². The summed E-state index contributed by atoms with van der Waals surface area (Å²) in [6.45, 7) is 0.440. The van der Waals surface area contributed by atoms with E-state index in [9.17, 15) is 14.4 Å². The topological polar surface area (TPSA) is 103 Å².